The van der Waals surface area contributed by atoms with Crippen LogP contribution in [0.3, 0.4) is 0 Å². The highest BCUT2D eigenvalue weighted by Crippen LogP contribution is 2.11. The van der Waals surface area contributed by atoms with Crippen molar-refractivity contribution >= 4 is 0 Å². The quantitative estimate of drug-likeness (QED) is 0.877. The van der Waals surface area contributed by atoms with E-state index >= 15 is 0 Å². The molecule has 0 fully saturated rings. The Morgan fingerprint density at radius 1 is 1.30 bits per heavy atom. The highest BCUT2D eigenvalue weighted by molar-refractivity contribution is 5.18. The predicted molar refractivity (Wildman–Crippen MR) is 80.6 cm³/mol. The van der Waals surface area contributed by atoms with E-state index in [0.717, 1.165) is 25.3 Å². The van der Waals surface area contributed by atoms with Crippen LogP contribution in [0.2, 0.25) is 0 Å². The van der Waals surface area contributed by atoms with Crippen LogP contribution in [-0.4, -0.2) is 26.1 Å². The molecular formula is C15H25N5. The summed E-state index contributed by atoms with van der Waals surface area (Å²) in [6.07, 6.45) is 1.96. The smallest absolute Gasteiger partial charge is 0.0831 e. The molecule has 2 aromatic heterocycles. The predicted octanol–water partition coefficient (Wildman–Crippen LogP) is 2.03. The van der Waals surface area contributed by atoms with E-state index in [2.05, 4.69) is 42.4 Å². The van der Waals surface area contributed by atoms with Crippen molar-refractivity contribution in [3.63, 3.8) is 0 Å². The Morgan fingerprint density at radius 2 is 2.05 bits per heavy atom. The summed E-state index contributed by atoms with van der Waals surface area (Å²) in [5, 5.41) is 12.3. The van der Waals surface area contributed by atoms with Crippen molar-refractivity contribution < 1.29 is 0 Å². The van der Waals surface area contributed by atoms with Crippen LogP contribution in [0, 0.1) is 19.8 Å². The lowest BCUT2D eigenvalue weighted by Gasteiger charge is -2.08. The molecule has 0 aromatic carbocycles. The fourth-order valence-electron chi connectivity index (χ4n) is 2.28. The van der Waals surface area contributed by atoms with E-state index in [9.17, 15) is 0 Å². The monoisotopic (exact) mass is 275 g/mol. The molecular weight excluding hydrogens is 250 g/mol. The normalized spacial score (nSPS) is 11.5. The highest BCUT2D eigenvalue weighted by Gasteiger charge is 2.09. The zero-order valence-electron chi connectivity index (χ0n) is 13.1. The maximum Gasteiger partial charge on any atom is 0.0831 e. The second-order valence-electron chi connectivity index (χ2n) is 5.84. The van der Waals surface area contributed by atoms with Gasteiger partial charge in [0.1, 0.15) is 0 Å². The van der Waals surface area contributed by atoms with E-state index in [1.165, 1.54) is 17.0 Å². The lowest BCUT2D eigenvalue weighted by molar-refractivity contribution is 0.550. The molecule has 5 nitrogen and oxygen atoms in total. The Balaban J connectivity index is 2.03. The molecule has 0 saturated carbocycles. The van der Waals surface area contributed by atoms with Gasteiger partial charge in [-0.25, -0.2) is 0 Å². The van der Waals surface area contributed by atoms with E-state index in [1.807, 2.05) is 29.5 Å². The van der Waals surface area contributed by atoms with Crippen molar-refractivity contribution in [2.45, 2.75) is 40.8 Å². The van der Waals surface area contributed by atoms with Gasteiger partial charge in [0, 0.05) is 24.8 Å². The molecule has 5 heteroatoms. The van der Waals surface area contributed by atoms with Gasteiger partial charge in [0.2, 0.25) is 0 Å². The fraction of sp³-hybridized carbons (Fsp3) is 0.600. The third-order valence-electron chi connectivity index (χ3n) is 3.48. The molecule has 0 unspecified atom stereocenters. The number of hydrogen-bond donors (Lipinski definition) is 1. The first kappa shape index (κ1) is 14.8. The number of rotatable bonds is 6. The molecule has 0 aliphatic carbocycles. The van der Waals surface area contributed by atoms with Crippen LogP contribution in [-0.2, 0) is 20.1 Å². The van der Waals surface area contributed by atoms with E-state index in [1.54, 1.807) is 0 Å². The van der Waals surface area contributed by atoms with Gasteiger partial charge < -0.3 is 5.32 Å². The Kier molecular flexibility index (Phi) is 4.60. The van der Waals surface area contributed by atoms with Gasteiger partial charge in [0.25, 0.3) is 0 Å². The average molecular weight is 275 g/mol. The molecule has 0 radical (unpaired) electrons. The summed E-state index contributed by atoms with van der Waals surface area (Å²) in [6, 6.07) is 2.11. The zero-order chi connectivity index (χ0) is 14.7. The Hall–Kier alpha value is -1.62. The Labute approximate surface area is 121 Å². The molecule has 0 amide bonds. The third kappa shape index (κ3) is 3.48. The van der Waals surface area contributed by atoms with Crippen LogP contribution in [0.1, 0.15) is 36.5 Å². The van der Waals surface area contributed by atoms with E-state index in [0.29, 0.717) is 5.92 Å². The summed E-state index contributed by atoms with van der Waals surface area (Å²) in [6.45, 7) is 11.3. The van der Waals surface area contributed by atoms with Crippen LogP contribution in [0.15, 0.2) is 12.3 Å². The minimum absolute atomic E-state index is 0.669. The van der Waals surface area contributed by atoms with Gasteiger partial charge in [-0.2, -0.15) is 10.2 Å². The average Bonchev–Trinajstić information content (AvgIpc) is 2.85. The standard InChI is InChI=1S/C15H25N5/c1-11(2)7-16-8-14-9-17-20(13(14)4)10-15-6-12(3)18-19(15)5/h6,9,11,16H,7-8,10H2,1-5H3. The fourth-order valence-corrected chi connectivity index (χ4v) is 2.28. The van der Waals surface area contributed by atoms with Gasteiger partial charge in [-0.3, -0.25) is 9.36 Å². The maximum atomic E-state index is 4.49. The molecule has 0 saturated heterocycles. The minimum atomic E-state index is 0.669. The number of nitrogens with zero attached hydrogens (tertiary/aromatic N) is 4. The Bertz CT molecular complexity index is 565. The molecule has 2 rings (SSSR count). The van der Waals surface area contributed by atoms with Crippen LogP contribution in [0.5, 0.6) is 0 Å². The topological polar surface area (TPSA) is 47.7 Å². The Morgan fingerprint density at radius 3 is 2.65 bits per heavy atom. The summed E-state index contributed by atoms with van der Waals surface area (Å²) < 4.78 is 3.97. The first-order valence-electron chi connectivity index (χ1n) is 7.19. The molecule has 0 aliphatic rings. The van der Waals surface area contributed by atoms with Crippen LogP contribution < -0.4 is 5.32 Å². The summed E-state index contributed by atoms with van der Waals surface area (Å²) in [5.41, 5.74) is 4.71. The van der Waals surface area contributed by atoms with Crippen molar-refractivity contribution in [1.29, 1.82) is 0 Å². The van der Waals surface area contributed by atoms with Crippen molar-refractivity contribution in [2.75, 3.05) is 6.54 Å². The second kappa shape index (κ2) is 6.22. The first-order chi connectivity index (χ1) is 9.47. The van der Waals surface area contributed by atoms with Gasteiger partial charge in [0.15, 0.2) is 0 Å². The summed E-state index contributed by atoms with van der Waals surface area (Å²) in [4.78, 5) is 0. The van der Waals surface area contributed by atoms with Gasteiger partial charge in [-0.15, -0.1) is 0 Å². The molecule has 2 heterocycles. The molecule has 0 bridgehead atoms. The highest BCUT2D eigenvalue weighted by atomic mass is 15.3. The van der Waals surface area contributed by atoms with Gasteiger partial charge in [0.05, 0.1) is 24.1 Å². The van der Waals surface area contributed by atoms with Crippen LogP contribution >= 0.6 is 0 Å². The van der Waals surface area contributed by atoms with Gasteiger partial charge in [-0.1, -0.05) is 13.8 Å². The molecule has 0 spiro atoms. The van der Waals surface area contributed by atoms with Crippen molar-refractivity contribution in [1.82, 2.24) is 24.9 Å². The zero-order valence-corrected chi connectivity index (χ0v) is 13.1. The summed E-state index contributed by atoms with van der Waals surface area (Å²) >= 11 is 0. The second-order valence-corrected chi connectivity index (χ2v) is 5.84. The van der Waals surface area contributed by atoms with Crippen LogP contribution in [0.4, 0.5) is 0 Å². The minimum Gasteiger partial charge on any atom is -0.312 e. The van der Waals surface area contributed by atoms with Gasteiger partial charge >= 0.3 is 0 Å². The number of hydrogen-bond acceptors (Lipinski definition) is 3. The van der Waals surface area contributed by atoms with Crippen molar-refractivity contribution in [3.8, 4) is 0 Å². The lowest BCUT2D eigenvalue weighted by Crippen LogP contribution is -2.19. The number of aromatic nitrogens is 4. The molecule has 0 aliphatic heterocycles. The first-order valence-corrected chi connectivity index (χ1v) is 7.19. The lowest BCUT2D eigenvalue weighted by atomic mass is 10.2. The third-order valence-corrected chi connectivity index (χ3v) is 3.48. The molecule has 2 aromatic rings. The van der Waals surface area contributed by atoms with Gasteiger partial charge in [-0.05, 0) is 32.4 Å². The maximum absolute atomic E-state index is 4.49. The largest absolute Gasteiger partial charge is 0.312 e. The van der Waals surface area contributed by atoms with E-state index < -0.39 is 0 Å². The van der Waals surface area contributed by atoms with E-state index in [-0.39, 0.29) is 0 Å². The summed E-state index contributed by atoms with van der Waals surface area (Å²) in [5.74, 6) is 0.669. The molecule has 110 valence electrons. The SMILES string of the molecule is Cc1cc(Cn2ncc(CNCC(C)C)c2C)n(C)n1. The van der Waals surface area contributed by atoms with E-state index in [4.69, 9.17) is 0 Å². The van der Waals surface area contributed by atoms with Crippen molar-refractivity contribution in [3.05, 3.63) is 34.9 Å². The number of aryl methyl sites for hydroxylation is 2. The molecule has 1 N–H and O–H groups in total. The van der Waals surface area contributed by atoms with Crippen LogP contribution in [0.25, 0.3) is 0 Å². The van der Waals surface area contributed by atoms with Crippen molar-refractivity contribution in [2.24, 2.45) is 13.0 Å². The number of nitrogens with one attached hydrogen (secondary N) is 1. The molecule has 0 atom stereocenters. The molecule has 20 heavy (non-hydrogen) atoms. The summed E-state index contributed by atoms with van der Waals surface area (Å²) in [7, 11) is 1.98.